The van der Waals surface area contributed by atoms with Crippen LogP contribution in [-0.4, -0.2) is 40.3 Å². The second-order valence-electron chi connectivity index (χ2n) is 4.49. The minimum Gasteiger partial charge on any atom is -0.390 e. The topological polar surface area (TPSA) is 45.5 Å². The zero-order chi connectivity index (χ0) is 20.2. The highest BCUT2D eigenvalue weighted by atomic mass is 79.9. The van der Waals surface area contributed by atoms with Crippen LogP contribution < -0.4 is 5.56 Å². The third-order valence-electron chi connectivity index (χ3n) is 2.96. The molecule has 0 atom stereocenters. The van der Waals surface area contributed by atoms with Crippen LogP contribution in [0.5, 0.6) is 0 Å². The van der Waals surface area contributed by atoms with E-state index >= 15 is 0 Å². The van der Waals surface area contributed by atoms with Crippen LogP contribution in [0.15, 0.2) is 21.5 Å². The average molecular weight is 431 g/mol. The quantitative estimate of drug-likeness (QED) is 0.773. The number of aliphatic hydroxyl groups is 1. The third-order valence-corrected chi connectivity index (χ3v) is 3.53. The van der Waals surface area contributed by atoms with E-state index in [0.29, 0.717) is 19.6 Å². The van der Waals surface area contributed by atoms with E-state index in [1.54, 1.807) is 0 Å². The SMILES string of the molecule is CC.CC.CC.O=c1c(Br)cc(C(F)(F)F)cn1CCN1CC(O)C1. The number of likely N-dealkylation sites (tertiary alicyclic amines) is 1. The Balaban J connectivity index is 0. The van der Waals surface area contributed by atoms with Crippen LogP contribution in [0.1, 0.15) is 47.1 Å². The lowest BCUT2D eigenvalue weighted by Crippen LogP contribution is -2.51. The lowest BCUT2D eigenvalue weighted by Gasteiger charge is -2.35. The zero-order valence-electron chi connectivity index (χ0n) is 15.8. The molecule has 1 saturated heterocycles. The molecule has 0 bridgehead atoms. The number of pyridine rings is 1. The van der Waals surface area contributed by atoms with Crippen molar-refractivity contribution < 1.29 is 18.3 Å². The molecule has 0 saturated carbocycles. The largest absolute Gasteiger partial charge is 0.417 e. The fourth-order valence-corrected chi connectivity index (χ4v) is 2.37. The lowest BCUT2D eigenvalue weighted by atomic mass is 10.2. The smallest absolute Gasteiger partial charge is 0.390 e. The van der Waals surface area contributed by atoms with Gasteiger partial charge in [-0.2, -0.15) is 13.2 Å². The predicted molar refractivity (Wildman–Crippen MR) is 99.9 cm³/mol. The Bertz CT molecular complexity index is 528. The monoisotopic (exact) mass is 430 g/mol. The van der Waals surface area contributed by atoms with Gasteiger partial charge in [-0.05, 0) is 22.0 Å². The molecule has 2 heterocycles. The van der Waals surface area contributed by atoms with E-state index in [1.807, 2.05) is 46.4 Å². The van der Waals surface area contributed by atoms with Gasteiger partial charge in [0.05, 0.1) is 16.1 Å². The molecule has 1 aromatic rings. The number of nitrogens with zero attached hydrogens (tertiary/aromatic N) is 2. The Labute approximate surface area is 156 Å². The summed E-state index contributed by atoms with van der Waals surface area (Å²) in [7, 11) is 0. The highest BCUT2D eigenvalue weighted by molar-refractivity contribution is 9.10. The summed E-state index contributed by atoms with van der Waals surface area (Å²) >= 11 is 2.85. The molecule has 148 valence electrons. The minimum absolute atomic E-state index is 0.106. The van der Waals surface area contributed by atoms with Crippen molar-refractivity contribution >= 4 is 15.9 Å². The molecule has 8 heteroatoms. The maximum atomic E-state index is 12.6. The molecule has 1 fully saturated rings. The Hall–Kier alpha value is -0.860. The molecule has 0 spiro atoms. The molecular formula is C17H30BrF3N2O2. The second-order valence-corrected chi connectivity index (χ2v) is 5.34. The fourth-order valence-electron chi connectivity index (χ4n) is 1.89. The van der Waals surface area contributed by atoms with E-state index in [2.05, 4.69) is 15.9 Å². The Morgan fingerprint density at radius 2 is 1.60 bits per heavy atom. The van der Waals surface area contributed by atoms with Gasteiger partial charge < -0.3 is 9.67 Å². The van der Waals surface area contributed by atoms with Crippen molar-refractivity contribution in [2.75, 3.05) is 19.6 Å². The van der Waals surface area contributed by atoms with E-state index in [-0.39, 0.29) is 17.1 Å². The van der Waals surface area contributed by atoms with Gasteiger partial charge in [-0.1, -0.05) is 41.5 Å². The molecule has 1 aliphatic heterocycles. The molecule has 0 amide bonds. The number of aromatic nitrogens is 1. The molecule has 0 radical (unpaired) electrons. The molecule has 1 N–H and O–H groups in total. The third kappa shape index (κ3) is 8.87. The standard InChI is InChI=1S/C11H12BrF3N2O2.3C2H6/c12-9-3-7(11(13,14)15)4-17(10(9)19)2-1-16-5-8(18)6-16;3*1-2/h3-4,8,18H,1-2,5-6H2;3*1-2H3. The van der Waals surface area contributed by atoms with Crippen LogP contribution in [0.4, 0.5) is 13.2 Å². The molecule has 0 aromatic carbocycles. The van der Waals surface area contributed by atoms with Gasteiger partial charge in [-0.3, -0.25) is 9.69 Å². The summed E-state index contributed by atoms with van der Waals surface area (Å²) in [5.74, 6) is 0. The minimum atomic E-state index is -4.48. The first kappa shape index (κ1) is 26.4. The van der Waals surface area contributed by atoms with Crippen molar-refractivity contribution in [3.05, 3.63) is 32.7 Å². The summed E-state index contributed by atoms with van der Waals surface area (Å²) in [6.45, 7) is 13.6. The van der Waals surface area contributed by atoms with E-state index in [0.717, 1.165) is 16.8 Å². The summed E-state index contributed by atoms with van der Waals surface area (Å²) in [5, 5.41) is 9.10. The molecule has 4 nitrogen and oxygen atoms in total. The van der Waals surface area contributed by atoms with E-state index in [9.17, 15) is 18.0 Å². The zero-order valence-corrected chi connectivity index (χ0v) is 17.4. The number of aliphatic hydroxyl groups excluding tert-OH is 1. The Morgan fingerprint density at radius 1 is 1.12 bits per heavy atom. The first-order valence-electron chi connectivity index (χ1n) is 8.65. The Kier molecular flexibility index (Phi) is 14.1. The van der Waals surface area contributed by atoms with E-state index < -0.39 is 17.3 Å². The maximum Gasteiger partial charge on any atom is 0.417 e. The molecule has 0 unspecified atom stereocenters. The number of alkyl halides is 3. The van der Waals surface area contributed by atoms with Gasteiger partial charge in [0.2, 0.25) is 0 Å². The van der Waals surface area contributed by atoms with Gasteiger partial charge in [0.25, 0.3) is 5.56 Å². The van der Waals surface area contributed by atoms with Crippen molar-refractivity contribution in [3.8, 4) is 0 Å². The normalized spacial score (nSPS) is 14.0. The molecule has 1 aromatic heterocycles. The van der Waals surface area contributed by atoms with Gasteiger partial charge in [-0.25, -0.2) is 0 Å². The van der Waals surface area contributed by atoms with Crippen LogP contribution >= 0.6 is 15.9 Å². The van der Waals surface area contributed by atoms with E-state index in [4.69, 9.17) is 5.11 Å². The second kappa shape index (κ2) is 13.4. The van der Waals surface area contributed by atoms with Gasteiger partial charge >= 0.3 is 6.18 Å². The number of halogens is 4. The Morgan fingerprint density at radius 3 is 2.00 bits per heavy atom. The molecule has 0 aliphatic carbocycles. The van der Waals surface area contributed by atoms with Crippen LogP contribution in [0.25, 0.3) is 0 Å². The van der Waals surface area contributed by atoms with Crippen LogP contribution in [0.3, 0.4) is 0 Å². The number of rotatable bonds is 3. The highest BCUT2D eigenvalue weighted by Crippen LogP contribution is 2.29. The highest BCUT2D eigenvalue weighted by Gasteiger charge is 2.32. The van der Waals surface area contributed by atoms with Crippen molar-refractivity contribution in [1.29, 1.82) is 0 Å². The van der Waals surface area contributed by atoms with Crippen molar-refractivity contribution in [2.24, 2.45) is 0 Å². The van der Waals surface area contributed by atoms with Gasteiger partial charge in [0, 0.05) is 32.4 Å². The number of hydrogen-bond donors (Lipinski definition) is 1. The first-order valence-corrected chi connectivity index (χ1v) is 9.44. The first-order chi connectivity index (χ1) is 11.8. The summed E-state index contributed by atoms with van der Waals surface area (Å²) in [6.07, 6.45) is -4.03. The van der Waals surface area contributed by atoms with Crippen molar-refractivity contribution in [1.82, 2.24) is 9.47 Å². The molecule has 25 heavy (non-hydrogen) atoms. The average Bonchev–Trinajstić information content (AvgIpc) is 2.58. The van der Waals surface area contributed by atoms with Crippen LogP contribution in [0.2, 0.25) is 0 Å². The molecular weight excluding hydrogens is 401 g/mol. The van der Waals surface area contributed by atoms with Crippen molar-refractivity contribution in [3.63, 3.8) is 0 Å². The van der Waals surface area contributed by atoms with Crippen molar-refractivity contribution in [2.45, 2.75) is 60.4 Å². The van der Waals surface area contributed by atoms with Crippen LogP contribution in [-0.2, 0) is 12.7 Å². The maximum absolute atomic E-state index is 12.6. The fraction of sp³-hybridized carbons (Fsp3) is 0.706. The van der Waals surface area contributed by atoms with Gasteiger partial charge in [-0.15, -0.1) is 0 Å². The van der Waals surface area contributed by atoms with E-state index in [1.165, 1.54) is 0 Å². The lowest BCUT2D eigenvalue weighted by molar-refractivity contribution is -0.138. The number of hydrogen-bond acceptors (Lipinski definition) is 3. The number of β-amino-alcohol motifs (C(OH)–C–C–N with tert-alkyl or cyclic N) is 1. The van der Waals surface area contributed by atoms with Gasteiger partial charge in [0.1, 0.15) is 0 Å². The van der Waals surface area contributed by atoms with Gasteiger partial charge in [0.15, 0.2) is 0 Å². The summed E-state index contributed by atoms with van der Waals surface area (Å²) < 4.78 is 38.8. The summed E-state index contributed by atoms with van der Waals surface area (Å²) in [4.78, 5) is 13.6. The predicted octanol–water partition coefficient (Wildman–Crippen LogP) is 4.38. The molecule has 1 aliphatic rings. The molecule has 2 rings (SSSR count). The summed E-state index contributed by atoms with van der Waals surface area (Å²) in [6, 6.07) is 0.784. The van der Waals surface area contributed by atoms with Crippen LogP contribution in [0, 0.1) is 0 Å². The summed E-state index contributed by atoms with van der Waals surface area (Å²) in [5.41, 5.74) is -1.35.